The molecule has 0 N–H and O–H groups in total. The van der Waals surface area contributed by atoms with E-state index in [0.29, 0.717) is 18.5 Å². The summed E-state index contributed by atoms with van der Waals surface area (Å²) >= 11 is 0. The van der Waals surface area contributed by atoms with E-state index in [1.807, 2.05) is 19.1 Å². The summed E-state index contributed by atoms with van der Waals surface area (Å²) in [6, 6.07) is 6.33. The van der Waals surface area contributed by atoms with Crippen molar-refractivity contribution < 1.29 is 14.2 Å². The molecule has 2 fully saturated rings. The number of aryl methyl sites for hydroxylation is 1. The Bertz CT molecular complexity index is 764. The van der Waals surface area contributed by atoms with Gasteiger partial charge in [-0.3, -0.25) is 4.90 Å². The zero-order valence-corrected chi connectivity index (χ0v) is 15.2. The molecule has 4 rings (SSSR count). The van der Waals surface area contributed by atoms with E-state index in [-0.39, 0.29) is 11.7 Å². The molecule has 2 aromatic rings. The molecule has 7 heteroatoms. The number of hydrogen-bond acceptors (Lipinski definition) is 7. The van der Waals surface area contributed by atoms with Gasteiger partial charge >= 0.3 is 6.01 Å². The Labute approximate surface area is 153 Å². The molecule has 1 spiro atoms. The number of hydrogen-bond donors (Lipinski definition) is 0. The molecule has 2 aromatic heterocycles. The minimum atomic E-state index is -0.123. The Morgan fingerprint density at radius 3 is 2.96 bits per heavy atom. The Kier molecular flexibility index (Phi) is 4.74. The molecule has 2 aliphatic heterocycles. The first-order valence-corrected chi connectivity index (χ1v) is 8.96. The molecule has 2 aliphatic rings. The Balaban J connectivity index is 1.34. The van der Waals surface area contributed by atoms with E-state index in [4.69, 9.17) is 14.2 Å². The van der Waals surface area contributed by atoms with Crippen LogP contribution in [0, 0.1) is 6.92 Å². The summed E-state index contributed by atoms with van der Waals surface area (Å²) in [5, 5.41) is 0. The van der Waals surface area contributed by atoms with Gasteiger partial charge in [-0.1, -0.05) is 6.07 Å². The Hall–Kier alpha value is -2.25. The van der Waals surface area contributed by atoms with Gasteiger partial charge in [0.05, 0.1) is 19.3 Å². The van der Waals surface area contributed by atoms with E-state index in [9.17, 15) is 0 Å². The number of methoxy groups -OCH3 is 1. The van der Waals surface area contributed by atoms with Crippen LogP contribution < -0.4 is 9.47 Å². The standard InChI is InChI=1S/C19H24N4O3/c1-14-5-8-21-18(22-14)26-16-6-9-25-19(10-16)12-23(13-19)11-15-4-3-7-20-17(15)24-2/h3-5,7-8,16H,6,9-13H2,1-2H3. The summed E-state index contributed by atoms with van der Waals surface area (Å²) in [6.45, 7) is 5.24. The van der Waals surface area contributed by atoms with Crippen LogP contribution in [-0.2, 0) is 11.3 Å². The molecule has 0 aromatic carbocycles. The maximum Gasteiger partial charge on any atom is 0.316 e. The van der Waals surface area contributed by atoms with E-state index in [1.54, 1.807) is 19.5 Å². The van der Waals surface area contributed by atoms with Crippen molar-refractivity contribution in [2.24, 2.45) is 0 Å². The molecule has 0 amide bonds. The molecule has 1 unspecified atom stereocenters. The summed E-state index contributed by atoms with van der Waals surface area (Å²) in [6.07, 6.45) is 5.32. The van der Waals surface area contributed by atoms with Crippen molar-refractivity contribution in [3.63, 3.8) is 0 Å². The van der Waals surface area contributed by atoms with Gasteiger partial charge in [0, 0.05) is 56.1 Å². The van der Waals surface area contributed by atoms with Gasteiger partial charge in [-0.05, 0) is 19.1 Å². The summed E-state index contributed by atoms with van der Waals surface area (Å²) < 4.78 is 17.5. The predicted octanol–water partition coefficient (Wildman–Crippen LogP) is 2.00. The lowest BCUT2D eigenvalue weighted by Gasteiger charge is -2.53. The van der Waals surface area contributed by atoms with Crippen molar-refractivity contribution >= 4 is 0 Å². The van der Waals surface area contributed by atoms with Crippen LogP contribution in [0.1, 0.15) is 24.1 Å². The second-order valence-corrected chi connectivity index (χ2v) is 7.06. The van der Waals surface area contributed by atoms with Crippen LogP contribution in [0.25, 0.3) is 0 Å². The lowest BCUT2D eigenvalue weighted by Crippen LogP contribution is -2.65. The van der Waals surface area contributed by atoms with E-state index in [1.165, 1.54) is 0 Å². The monoisotopic (exact) mass is 356 g/mol. The zero-order chi connectivity index (χ0) is 18.0. The fourth-order valence-electron chi connectivity index (χ4n) is 3.79. The normalized spacial score (nSPS) is 22.0. The molecule has 4 heterocycles. The SMILES string of the molecule is COc1ncccc1CN1CC2(CC(Oc3nccc(C)n3)CCO2)C1. The number of aromatic nitrogens is 3. The molecule has 0 aliphatic carbocycles. The van der Waals surface area contributed by atoms with Gasteiger partial charge in [-0.25, -0.2) is 15.0 Å². The molecular formula is C19H24N4O3. The maximum absolute atomic E-state index is 6.11. The third kappa shape index (κ3) is 3.64. The van der Waals surface area contributed by atoms with Gasteiger partial charge in [-0.15, -0.1) is 0 Å². The maximum atomic E-state index is 6.11. The molecule has 7 nitrogen and oxygen atoms in total. The largest absolute Gasteiger partial charge is 0.481 e. The lowest BCUT2D eigenvalue weighted by molar-refractivity contribution is -0.188. The molecule has 138 valence electrons. The van der Waals surface area contributed by atoms with Crippen molar-refractivity contribution in [3.8, 4) is 11.9 Å². The summed E-state index contributed by atoms with van der Waals surface area (Å²) in [5.74, 6) is 0.691. The van der Waals surface area contributed by atoms with E-state index in [0.717, 1.165) is 43.7 Å². The lowest BCUT2D eigenvalue weighted by atomic mass is 9.84. The van der Waals surface area contributed by atoms with Gasteiger partial charge < -0.3 is 14.2 Å². The van der Waals surface area contributed by atoms with Crippen molar-refractivity contribution in [3.05, 3.63) is 41.9 Å². The highest BCUT2D eigenvalue weighted by Gasteiger charge is 2.48. The minimum absolute atomic E-state index is 0.0978. The van der Waals surface area contributed by atoms with E-state index < -0.39 is 0 Å². The summed E-state index contributed by atoms with van der Waals surface area (Å²) in [7, 11) is 1.66. The highest BCUT2D eigenvalue weighted by Crippen LogP contribution is 2.36. The molecule has 0 bridgehead atoms. The third-order valence-electron chi connectivity index (χ3n) is 4.95. The van der Waals surface area contributed by atoms with Gasteiger partial charge in [0.2, 0.25) is 5.88 Å². The second kappa shape index (κ2) is 7.17. The van der Waals surface area contributed by atoms with Gasteiger partial charge in [0.25, 0.3) is 0 Å². The Morgan fingerprint density at radius 1 is 1.27 bits per heavy atom. The third-order valence-corrected chi connectivity index (χ3v) is 4.95. The number of nitrogens with zero attached hydrogens (tertiary/aromatic N) is 4. The van der Waals surface area contributed by atoms with Crippen LogP contribution >= 0.6 is 0 Å². The van der Waals surface area contributed by atoms with Crippen molar-refractivity contribution in [1.29, 1.82) is 0 Å². The van der Waals surface area contributed by atoms with Gasteiger partial charge in [0.1, 0.15) is 6.10 Å². The van der Waals surface area contributed by atoms with Crippen LogP contribution in [0.5, 0.6) is 11.9 Å². The average Bonchev–Trinajstić information content (AvgIpc) is 2.61. The van der Waals surface area contributed by atoms with Crippen LogP contribution in [0.2, 0.25) is 0 Å². The Morgan fingerprint density at radius 2 is 2.15 bits per heavy atom. The zero-order valence-electron chi connectivity index (χ0n) is 15.2. The van der Waals surface area contributed by atoms with Crippen LogP contribution in [0.15, 0.2) is 30.6 Å². The fourth-order valence-corrected chi connectivity index (χ4v) is 3.79. The minimum Gasteiger partial charge on any atom is -0.481 e. The van der Waals surface area contributed by atoms with E-state index >= 15 is 0 Å². The van der Waals surface area contributed by atoms with Crippen molar-refractivity contribution in [2.75, 3.05) is 26.8 Å². The summed E-state index contributed by atoms with van der Waals surface area (Å²) in [4.78, 5) is 15.2. The molecule has 0 saturated carbocycles. The number of rotatable bonds is 5. The molecular weight excluding hydrogens is 332 g/mol. The second-order valence-electron chi connectivity index (χ2n) is 7.06. The summed E-state index contributed by atoms with van der Waals surface area (Å²) in [5.41, 5.74) is 1.89. The van der Waals surface area contributed by atoms with Crippen molar-refractivity contribution in [1.82, 2.24) is 19.9 Å². The first kappa shape index (κ1) is 17.2. The smallest absolute Gasteiger partial charge is 0.316 e. The number of ether oxygens (including phenoxy) is 3. The first-order valence-electron chi connectivity index (χ1n) is 8.96. The number of pyridine rings is 1. The van der Waals surface area contributed by atoms with Crippen molar-refractivity contribution in [2.45, 2.75) is 38.0 Å². The number of likely N-dealkylation sites (tertiary alicyclic amines) is 1. The predicted molar refractivity (Wildman–Crippen MR) is 95.2 cm³/mol. The van der Waals surface area contributed by atoms with Crippen LogP contribution in [0.3, 0.4) is 0 Å². The average molecular weight is 356 g/mol. The van der Waals surface area contributed by atoms with Gasteiger partial charge in [-0.2, -0.15) is 0 Å². The fraction of sp³-hybridized carbons (Fsp3) is 0.526. The molecule has 2 saturated heterocycles. The molecule has 0 radical (unpaired) electrons. The van der Waals surface area contributed by atoms with Crippen LogP contribution in [-0.4, -0.2) is 58.4 Å². The van der Waals surface area contributed by atoms with Gasteiger partial charge in [0.15, 0.2) is 0 Å². The molecule has 26 heavy (non-hydrogen) atoms. The quantitative estimate of drug-likeness (QED) is 0.811. The van der Waals surface area contributed by atoms with E-state index in [2.05, 4.69) is 25.9 Å². The highest BCUT2D eigenvalue weighted by atomic mass is 16.5. The first-order chi connectivity index (χ1) is 12.7. The topological polar surface area (TPSA) is 69.6 Å². The molecule has 1 atom stereocenters. The van der Waals surface area contributed by atoms with Crippen LogP contribution in [0.4, 0.5) is 0 Å². The highest BCUT2D eigenvalue weighted by molar-refractivity contribution is 5.25.